The summed E-state index contributed by atoms with van der Waals surface area (Å²) >= 11 is 0. The van der Waals surface area contributed by atoms with Gasteiger partial charge in [0.1, 0.15) is 0 Å². The highest BCUT2D eigenvalue weighted by atomic mass is 32.2. The van der Waals surface area contributed by atoms with Crippen molar-refractivity contribution in [2.45, 2.75) is 18.7 Å². The summed E-state index contributed by atoms with van der Waals surface area (Å²) in [7, 11) is 3.03. The van der Waals surface area contributed by atoms with Crippen LogP contribution in [0, 0.1) is 13.8 Å². The Labute approximate surface area is 155 Å². The van der Waals surface area contributed by atoms with Crippen LogP contribution in [0.1, 0.15) is 21.5 Å². The molecule has 1 amide bonds. The molecule has 0 aliphatic heterocycles. The van der Waals surface area contributed by atoms with Crippen molar-refractivity contribution >= 4 is 27.3 Å². The average Bonchev–Trinajstić information content (AvgIpc) is 2.56. The first-order valence-corrected chi connectivity index (χ1v) is 9.60. The molecular weight excluding hydrogens is 350 g/mol. The first-order chi connectivity index (χ1) is 12.0. The standard InChI is InChI=1S/C19H25N3O3S/c1-13-7-8-15(11-14(13)2)19(23)20-17-12-16(26(24,25)22(5)6)9-10-18(17)21(3)4/h7-12H,1-6H3,(H,20,23). The van der Waals surface area contributed by atoms with Crippen LogP contribution in [-0.2, 0) is 10.0 Å². The Morgan fingerprint density at radius 1 is 0.923 bits per heavy atom. The maximum Gasteiger partial charge on any atom is 0.255 e. The predicted molar refractivity (Wildman–Crippen MR) is 106 cm³/mol. The molecule has 0 aliphatic rings. The number of amides is 1. The maximum absolute atomic E-state index is 12.7. The van der Waals surface area contributed by atoms with Crippen LogP contribution in [0.15, 0.2) is 41.3 Å². The molecule has 7 heteroatoms. The van der Waals surface area contributed by atoms with Gasteiger partial charge in [0, 0.05) is 33.8 Å². The molecule has 0 unspecified atom stereocenters. The molecule has 0 atom stereocenters. The zero-order valence-electron chi connectivity index (χ0n) is 16.0. The summed E-state index contributed by atoms with van der Waals surface area (Å²) in [6, 6.07) is 10.2. The van der Waals surface area contributed by atoms with Crippen molar-refractivity contribution < 1.29 is 13.2 Å². The van der Waals surface area contributed by atoms with E-state index in [-0.39, 0.29) is 10.8 Å². The fourth-order valence-corrected chi connectivity index (χ4v) is 3.38. The Bertz CT molecular complexity index is 935. The van der Waals surface area contributed by atoms with Gasteiger partial charge in [-0.05, 0) is 55.3 Å². The smallest absolute Gasteiger partial charge is 0.255 e. The van der Waals surface area contributed by atoms with Crippen LogP contribution in [0.4, 0.5) is 11.4 Å². The summed E-state index contributed by atoms with van der Waals surface area (Å²) in [5.41, 5.74) is 3.82. The number of sulfonamides is 1. The number of nitrogens with one attached hydrogen (secondary N) is 1. The predicted octanol–water partition coefficient (Wildman–Crippen LogP) is 2.87. The third kappa shape index (κ3) is 4.05. The molecule has 0 saturated carbocycles. The van der Waals surface area contributed by atoms with E-state index in [0.717, 1.165) is 21.1 Å². The lowest BCUT2D eigenvalue weighted by molar-refractivity contribution is 0.102. The van der Waals surface area contributed by atoms with E-state index in [1.165, 1.54) is 26.2 Å². The van der Waals surface area contributed by atoms with Crippen LogP contribution in [0.25, 0.3) is 0 Å². The molecule has 2 rings (SSSR count). The molecule has 0 aromatic heterocycles. The van der Waals surface area contributed by atoms with Gasteiger partial charge in [0.15, 0.2) is 0 Å². The van der Waals surface area contributed by atoms with Crippen molar-refractivity contribution in [2.75, 3.05) is 38.4 Å². The normalized spacial score (nSPS) is 11.5. The van der Waals surface area contributed by atoms with Gasteiger partial charge in [0.2, 0.25) is 10.0 Å². The fraction of sp³-hybridized carbons (Fsp3) is 0.316. The first-order valence-electron chi connectivity index (χ1n) is 8.16. The van der Waals surface area contributed by atoms with Crippen LogP contribution >= 0.6 is 0 Å². The topological polar surface area (TPSA) is 69.7 Å². The highest BCUT2D eigenvalue weighted by Gasteiger charge is 2.20. The largest absolute Gasteiger partial charge is 0.376 e. The monoisotopic (exact) mass is 375 g/mol. The van der Waals surface area contributed by atoms with Gasteiger partial charge in [-0.1, -0.05) is 6.07 Å². The van der Waals surface area contributed by atoms with Gasteiger partial charge in [0.25, 0.3) is 5.91 Å². The minimum Gasteiger partial charge on any atom is -0.376 e. The number of nitrogens with zero attached hydrogens (tertiary/aromatic N) is 2. The molecule has 0 saturated heterocycles. The van der Waals surface area contributed by atoms with E-state index in [1.54, 1.807) is 12.1 Å². The summed E-state index contributed by atoms with van der Waals surface area (Å²) in [5.74, 6) is -0.282. The highest BCUT2D eigenvalue weighted by molar-refractivity contribution is 7.89. The molecule has 0 bridgehead atoms. The summed E-state index contributed by atoms with van der Waals surface area (Å²) in [6.45, 7) is 3.93. The van der Waals surface area contributed by atoms with Crippen molar-refractivity contribution in [3.05, 3.63) is 53.1 Å². The van der Waals surface area contributed by atoms with E-state index < -0.39 is 10.0 Å². The van der Waals surface area contributed by atoms with Gasteiger partial charge < -0.3 is 10.2 Å². The van der Waals surface area contributed by atoms with Gasteiger partial charge in [-0.15, -0.1) is 0 Å². The van der Waals surface area contributed by atoms with E-state index in [9.17, 15) is 13.2 Å². The van der Waals surface area contributed by atoms with Crippen LogP contribution in [0.2, 0.25) is 0 Å². The van der Waals surface area contributed by atoms with E-state index in [1.807, 2.05) is 45.0 Å². The summed E-state index contributed by atoms with van der Waals surface area (Å²) in [6.07, 6.45) is 0. The number of benzene rings is 2. The lowest BCUT2D eigenvalue weighted by atomic mass is 10.1. The number of rotatable bonds is 5. The zero-order valence-corrected chi connectivity index (χ0v) is 16.8. The number of aryl methyl sites for hydroxylation is 2. The molecule has 6 nitrogen and oxygen atoms in total. The third-order valence-corrected chi connectivity index (χ3v) is 6.06. The Hall–Kier alpha value is -2.38. The van der Waals surface area contributed by atoms with Crippen molar-refractivity contribution in [1.82, 2.24) is 4.31 Å². The molecule has 0 aliphatic carbocycles. The molecule has 0 radical (unpaired) electrons. The molecule has 2 aromatic carbocycles. The summed E-state index contributed by atoms with van der Waals surface area (Å²) in [4.78, 5) is 14.6. The molecule has 2 aromatic rings. The number of anilines is 2. The van der Waals surface area contributed by atoms with Gasteiger partial charge in [-0.3, -0.25) is 4.79 Å². The lowest BCUT2D eigenvalue weighted by Gasteiger charge is -2.20. The van der Waals surface area contributed by atoms with Crippen molar-refractivity contribution in [3.8, 4) is 0 Å². The Morgan fingerprint density at radius 2 is 1.58 bits per heavy atom. The van der Waals surface area contributed by atoms with E-state index in [4.69, 9.17) is 0 Å². The maximum atomic E-state index is 12.7. The van der Waals surface area contributed by atoms with Crippen LogP contribution in [-0.4, -0.2) is 46.8 Å². The van der Waals surface area contributed by atoms with Crippen molar-refractivity contribution in [2.24, 2.45) is 0 Å². The fourth-order valence-electron chi connectivity index (χ4n) is 2.45. The molecular formula is C19H25N3O3S. The number of hydrogen-bond acceptors (Lipinski definition) is 4. The molecule has 0 spiro atoms. The van der Waals surface area contributed by atoms with Crippen LogP contribution < -0.4 is 10.2 Å². The van der Waals surface area contributed by atoms with Gasteiger partial charge >= 0.3 is 0 Å². The first kappa shape index (κ1) is 19.9. The van der Waals surface area contributed by atoms with E-state index >= 15 is 0 Å². The van der Waals surface area contributed by atoms with Crippen molar-refractivity contribution in [3.63, 3.8) is 0 Å². The van der Waals surface area contributed by atoms with Crippen LogP contribution in [0.5, 0.6) is 0 Å². The van der Waals surface area contributed by atoms with Gasteiger partial charge in [-0.25, -0.2) is 12.7 Å². The van der Waals surface area contributed by atoms with E-state index in [2.05, 4.69) is 5.32 Å². The molecule has 0 heterocycles. The van der Waals surface area contributed by atoms with Crippen LogP contribution in [0.3, 0.4) is 0 Å². The van der Waals surface area contributed by atoms with Crippen molar-refractivity contribution in [1.29, 1.82) is 0 Å². The average molecular weight is 375 g/mol. The SMILES string of the molecule is Cc1ccc(C(=O)Nc2cc(S(=O)(=O)N(C)C)ccc2N(C)C)cc1C. The number of hydrogen-bond donors (Lipinski definition) is 1. The highest BCUT2D eigenvalue weighted by Crippen LogP contribution is 2.29. The Kier molecular flexibility index (Phi) is 5.73. The Morgan fingerprint density at radius 3 is 2.12 bits per heavy atom. The molecule has 140 valence electrons. The third-order valence-electron chi connectivity index (χ3n) is 4.25. The second-order valence-corrected chi connectivity index (χ2v) is 8.77. The van der Waals surface area contributed by atoms with E-state index in [0.29, 0.717) is 11.3 Å². The minimum atomic E-state index is -3.59. The number of carbonyl (C=O) groups is 1. The zero-order chi connectivity index (χ0) is 19.6. The summed E-state index contributed by atoms with van der Waals surface area (Å²) < 4.78 is 26.0. The number of carbonyl (C=O) groups excluding carboxylic acids is 1. The summed E-state index contributed by atoms with van der Waals surface area (Å²) in [5, 5.41) is 2.84. The second-order valence-electron chi connectivity index (χ2n) is 6.61. The lowest BCUT2D eigenvalue weighted by Crippen LogP contribution is -2.23. The molecule has 1 N–H and O–H groups in total. The second kappa shape index (κ2) is 7.47. The quantitative estimate of drug-likeness (QED) is 0.872. The molecule has 26 heavy (non-hydrogen) atoms. The molecule has 0 fully saturated rings. The minimum absolute atomic E-state index is 0.128. The van der Waals surface area contributed by atoms with Gasteiger partial charge in [0.05, 0.1) is 16.3 Å². The van der Waals surface area contributed by atoms with Gasteiger partial charge in [-0.2, -0.15) is 0 Å². The Balaban J connectivity index is 2.46.